The molecule has 0 aromatic carbocycles. The molecule has 1 radical (unpaired) electrons. The Morgan fingerprint density at radius 1 is 1.20 bits per heavy atom. The third kappa shape index (κ3) is 88.5. The molecule has 27 valence electrons. The zero-order valence-electron chi connectivity index (χ0n) is 3.01. The number of hydrogen-bond donors (Lipinski definition) is 2. The van der Waals surface area contributed by atoms with Gasteiger partial charge in [0.15, 0.2) is 0 Å². The van der Waals surface area contributed by atoms with E-state index < -0.39 is 0 Å². The summed E-state index contributed by atoms with van der Waals surface area (Å²) in [5.74, 6) is 0. The van der Waals surface area contributed by atoms with Gasteiger partial charge < -0.3 is 4.79 Å². The first-order valence-electron chi connectivity index (χ1n) is 0.489. The molecular weight excluding hydrogens is 83.0 g/mol. The molecule has 3 nitrogen and oxygen atoms in total. The van der Waals surface area contributed by atoms with Crippen molar-refractivity contribution in [1.29, 1.82) is 0 Å². The number of carbonyl (C=O) groups excluding carboxylic acids is 1. The maximum atomic E-state index is 8.00. The Hall–Kier alpha value is 0.590. The molecule has 0 aromatic rings. The van der Waals surface area contributed by atoms with Crippen LogP contribution in [0.25, 0.3) is 0 Å². The fourth-order valence-electron chi connectivity index (χ4n) is 0. The smallest absolute Gasteiger partial charge is 0.106 e. The number of carbonyl (C=O) groups is 1. The van der Waals surface area contributed by atoms with Crippen LogP contribution in [0.5, 0.6) is 0 Å². The van der Waals surface area contributed by atoms with E-state index in [0.717, 1.165) is 0 Å². The van der Waals surface area contributed by atoms with Crippen LogP contribution in [-0.4, -0.2) is 46.9 Å². The Balaban J connectivity index is -0.0000000133. The van der Waals surface area contributed by atoms with Crippen molar-refractivity contribution in [3.05, 3.63) is 0 Å². The van der Waals surface area contributed by atoms with Gasteiger partial charge in [-0.05, 0) is 0 Å². The average Bonchev–Trinajstić information content (AvgIpc) is 1.50. The molecule has 0 unspecified atom stereocenters. The van der Waals surface area contributed by atoms with E-state index >= 15 is 0 Å². The van der Waals surface area contributed by atoms with Crippen molar-refractivity contribution >= 4 is 36.3 Å². The van der Waals surface area contributed by atoms with E-state index in [4.69, 9.17) is 15.3 Å². The third-order valence-electron chi connectivity index (χ3n) is 0. The summed E-state index contributed by atoms with van der Waals surface area (Å²) in [6.07, 6.45) is 0. The van der Waals surface area contributed by atoms with Crippen LogP contribution in [0.2, 0.25) is 0 Å². The standard InChI is InChI=1S/CH2O.Na.H2O2/c1-2;;1-2/h1H2;;1-2H. The molecule has 0 spiro atoms. The van der Waals surface area contributed by atoms with Gasteiger partial charge in [-0.15, -0.1) is 0 Å². The van der Waals surface area contributed by atoms with Gasteiger partial charge >= 0.3 is 0 Å². The van der Waals surface area contributed by atoms with Crippen LogP contribution < -0.4 is 0 Å². The van der Waals surface area contributed by atoms with E-state index in [-0.39, 0.29) is 29.6 Å². The van der Waals surface area contributed by atoms with Crippen LogP contribution in [0.15, 0.2) is 0 Å². The van der Waals surface area contributed by atoms with Gasteiger partial charge in [0.1, 0.15) is 6.79 Å². The van der Waals surface area contributed by atoms with Crippen LogP contribution in [0.4, 0.5) is 0 Å². The summed E-state index contributed by atoms with van der Waals surface area (Å²) in [4.78, 5) is 8.00. The maximum absolute atomic E-state index is 8.00. The molecule has 0 rings (SSSR count). The second-order valence-electron chi connectivity index (χ2n) is 0. The van der Waals surface area contributed by atoms with Crippen molar-refractivity contribution in [2.75, 3.05) is 0 Å². The minimum Gasteiger partial charge on any atom is -0.307 e. The molecular formula is CH4NaO3. The van der Waals surface area contributed by atoms with Crippen molar-refractivity contribution in [1.82, 2.24) is 0 Å². The monoisotopic (exact) mass is 87.0 g/mol. The van der Waals surface area contributed by atoms with Crippen molar-refractivity contribution in [3.8, 4) is 0 Å². The molecule has 0 atom stereocenters. The summed E-state index contributed by atoms with van der Waals surface area (Å²) in [6.45, 7) is 2.00. The first-order valence-corrected chi connectivity index (χ1v) is 0.489. The molecule has 5 heavy (non-hydrogen) atoms. The average molecular weight is 87.0 g/mol. The first kappa shape index (κ1) is 17.6. The Kier molecular flexibility index (Phi) is 597. The van der Waals surface area contributed by atoms with E-state index in [1.54, 1.807) is 0 Å². The van der Waals surface area contributed by atoms with Gasteiger partial charge in [0.05, 0.1) is 0 Å². The number of rotatable bonds is 0. The number of hydrogen-bond acceptors (Lipinski definition) is 3. The SMILES string of the molecule is C=O.OO.[Na]. The van der Waals surface area contributed by atoms with E-state index in [9.17, 15) is 0 Å². The van der Waals surface area contributed by atoms with Gasteiger partial charge in [-0.2, -0.15) is 0 Å². The fourth-order valence-corrected chi connectivity index (χ4v) is 0. The van der Waals surface area contributed by atoms with Crippen LogP contribution >= 0.6 is 0 Å². The van der Waals surface area contributed by atoms with Gasteiger partial charge in [-0.1, -0.05) is 0 Å². The molecule has 0 aliphatic heterocycles. The second kappa shape index (κ2) is 170. The largest absolute Gasteiger partial charge is 0.307 e. The summed E-state index contributed by atoms with van der Waals surface area (Å²) in [5.41, 5.74) is 0. The summed E-state index contributed by atoms with van der Waals surface area (Å²) >= 11 is 0. The molecule has 0 heterocycles. The molecule has 0 bridgehead atoms. The molecule has 0 saturated heterocycles. The Morgan fingerprint density at radius 2 is 1.20 bits per heavy atom. The van der Waals surface area contributed by atoms with Crippen LogP contribution in [0.3, 0.4) is 0 Å². The summed E-state index contributed by atoms with van der Waals surface area (Å²) in [6, 6.07) is 0. The minimum absolute atomic E-state index is 0. The maximum Gasteiger partial charge on any atom is 0.106 e. The Labute approximate surface area is 51.8 Å². The second-order valence-corrected chi connectivity index (χ2v) is 0. The normalized spacial score (nSPS) is 2.00. The predicted molar refractivity (Wildman–Crippen MR) is 18.1 cm³/mol. The summed E-state index contributed by atoms with van der Waals surface area (Å²) < 4.78 is 0. The Morgan fingerprint density at radius 3 is 1.20 bits per heavy atom. The van der Waals surface area contributed by atoms with Crippen molar-refractivity contribution in [2.24, 2.45) is 0 Å². The molecule has 0 saturated carbocycles. The fraction of sp³-hybridized carbons (Fsp3) is 0. The van der Waals surface area contributed by atoms with Crippen molar-refractivity contribution in [2.45, 2.75) is 0 Å². The summed E-state index contributed by atoms with van der Waals surface area (Å²) in [7, 11) is 0. The van der Waals surface area contributed by atoms with Gasteiger partial charge in [0, 0.05) is 29.6 Å². The Bertz CT molecular complexity index is 6.85. The van der Waals surface area contributed by atoms with Crippen molar-refractivity contribution < 1.29 is 15.3 Å². The topological polar surface area (TPSA) is 57.5 Å². The molecule has 4 heteroatoms. The van der Waals surface area contributed by atoms with Gasteiger partial charge in [0.25, 0.3) is 0 Å². The molecule has 0 amide bonds. The van der Waals surface area contributed by atoms with Crippen LogP contribution in [-0.2, 0) is 4.79 Å². The van der Waals surface area contributed by atoms with Gasteiger partial charge in [-0.3, -0.25) is 10.5 Å². The van der Waals surface area contributed by atoms with Crippen molar-refractivity contribution in [3.63, 3.8) is 0 Å². The van der Waals surface area contributed by atoms with Gasteiger partial charge in [-0.25, -0.2) is 0 Å². The van der Waals surface area contributed by atoms with E-state index in [1.807, 2.05) is 6.79 Å². The van der Waals surface area contributed by atoms with E-state index in [2.05, 4.69) is 0 Å². The van der Waals surface area contributed by atoms with Crippen LogP contribution in [0.1, 0.15) is 0 Å². The molecule has 0 aliphatic carbocycles. The zero-order valence-corrected chi connectivity index (χ0v) is 5.01. The zero-order chi connectivity index (χ0) is 4.00. The van der Waals surface area contributed by atoms with E-state index in [1.165, 1.54) is 0 Å². The van der Waals surface area contributed by atoms with Gasteiger partial charge in [0.2, 0.25) is 0 Å². The quantitative estimate of drug-likeness (QED) is 0.237. The third-order valence-corrected chi connectivity index (χ3v) is 0. The molecule has 0 aliphatic rings. The summed E-state index contributed by atoms with van der Waals surface area (Å²) in [5, 5.41) is 12.0. The molecule has 2 N–H and O–H groups in total. The molecule has 0 fully saturated rings. The molecule has 0 aromatic heterocycles. The van der Waals surface area contributed by atoms with Crippen LogP contribution in [0, 0.1) is 0 Å². The first-order chi connectivity index (χ1) is 2.00. The van der Waals surface area contributed by atoms with E-state index in [0.29, 0.717) is 0 Å². The minimum atomic E-state index is 0. The predicted octanol–water partition coefficient (Wildman–Crippen LogP) is -0.548.